The zero-order chi connectivity index (χ0) is 10.6. The van der Waals surface area contributed by atoms with Crippen LogP contribution in [0.25, 0.3) is 0 Å². The molecule has 92 valence electrons. The van der Waals surface area contributed by atoms with Gasteiger partial charge in [-0.3, -0.25) is 0 Å². The Morgan fingerprint density at radius 2 is 2.13 bits per heavy atom. The highest BCUT2D eigenvalue weighted by molar-refractivity contribution is 7.88. The summed E-state index contributed by atoms with van der Waals surface area (Å²) >= 11 is 0. The smallest absolute Gasteiger partial charge is 0.208 e. The maximum atomic E-state index is 10.8. The summed E-state index contributed by atoms with van der Waals surface area (Å²) in [5.74, 6) is 0. The molecule has 0 saturated carbocycles. The molecule has 1 saturated heterocycles. The highest BCUT2D eigenvalue weighted by atomic mass is 35.5. The molecule has 1 rings (SSSR count). The Bertz CT molecular complexity index is 263. The molecule has 0 aliphatic carbocycles. The average Bonchev–Trinajstić information content (AvgIpc) is 2.06. The molecule has 1 heterocycles. The third kappa shape index (κ3) is 7.08. The Morgan fingerprint density at radius 3 is 2.60 bits per heavy atom. The van der Waals surface area contributed by atoms with Gasteiger partial charge in [0, 0.05) is 12.6 Å². The first kappa shape index (κ1) is 15.1. The summed E-state index contributed by atoms with van der Waals surface area (Å²) in [6.45, 7) is 1.03. The van der Waals surface area contributed by atoms with Gasteiger partial charge in [0.2, 0.25) is 10.0 Å². The van der Waals surface area contributed by atoms with E-state index in [1.807, 2.05) is 0 Å². The lowest BCUT2D eigenvalue weighted by Crippen LogP contribution is -2.37. The Balaban J connectivity index is 0.00000196. The average molecular weight is 259 g/mol. The minimum Gasteiger partial charge on any atom is -0.377 e. The zero-order valence-electron chi connectivity index (χ0n) is 8.81. The number of halogens is 1. The fraction of sp³-hybridized carbons (Fsp3) is 1.00. The molecule has 1 aliphatic heterocycles. The Kier molecular flexibility index (Phi) is 6.70. The SMILES string of the molecule is CS(=O)(=O)NCC[C@@H]1CC[C@@H](N)CO1.Cl. The molecule has 15 heavy (non-hydrogen) atoms. The number of rotatable bonds is 4. The Morgan fingerprint density at radius 1 is 1.47 bits per heavy atom. The first-order chi connectivity index (χ1) is 6.47. The van der Waals surface area contributed by atoms with Crippen LogP contribution in [0, 0.1) is 0 Å². The summed E-state index contributed by atoms with van der Waals surface area (Å²) in [6, 6.07) is 0.147. The molecule has 0 spiro atoms. The molecular formula is C8H19ClN2O3S. The molecule has 7 heteroatoms. The first-order valence-electron chi connectivity index (χ1n) is 4.79. The highest BCUT2D eigenvalue weighted by Crippen LogP contribution is 2.14. The maximum Gasteiger partial charge on any atom is 0.208 e. The summed E-state index contributed by atoms with van der Waals surface area (Å²) in [4.78, 5) is 0. The zero-order valence-corrected chi connectivity index (χ0v) is 10.4. The van der Waals surface area contributed by atoms with Crippen molar-refractivity contribution < 1.29 is 13.2 Å². The van der Waals surface area contributed by atoms with E-state index >= 15 is 0 Å². The summed E-state index contributed by atoms with van der Waals surface area (Å²) in [7, 11) is -3.07. The molecule has 0 aromatic carbocycles. The molecule has 0 aromatic rings. The van der Waals surface area contributed by atoms with E-state index in [0.717, 1.165) is 25.5 Å². The number of hydrogen-bond donors (Lipinski definition) is 2. The molecule has 1 aliphatic rings. The quantitative estimate of drug-likeness (QED) is 0.735. The molecule has 2 atom stereocenters. The van der Waals surface area contributed by atoms with Gasteiger partial charge in [-0.15, -0.1) is 12.4 Å². The van der Waals surface area contributed by atoms with Crippen LogP contribution in [0.1, 0.15) is 19.3 Å². The van der Waals surface area contributed by atoms with Crippen LogP contribution in [-0.2, 0) is 14.8 Å². The minimum atomic E-state index is -3.07. The van der Waals surface area contributed by atoms with Crippen LogP contribution in [0.3, 0.4) is 0 Å². The van der Waals surface area contributed by atoms with E-state index in [2.05, 4.69) is 4.72 Å². The topological polar surface area (TPSA) is 81.4 Å². The number of sulfonamides is 1. The maximum absolute atomic E-state index is 10.8. The van der Waals surface area contributed by atoms with E-state index in [1.54, 1.807) is 0 Å². The van der Waals surface area contributed by atoms with E-state index < -0.39 is 10.0 Å². The van der Waals surface area contributed by atoms with Crippen molar-refractivity contribution in [3.05, 3.63) is 0 Å². The second-order valence-electron chi connectivity index (χ2n) is 3.75. The number of hydrogen-bond acceptors (Lipinski definition) is 4. The van der Waals surface area contributed by atoms with Crippen molar-refractivity contribution in [1.29, 1.82) is 0 Å². The lowest BCUT2D eigenvalue weighted by Gasteiger charge is -2.26. The Labute approximate surface area is 97.2 Å². The van der Waals surface area contributed by atoms with Crippen molar-refractivity contribution in [3.8, 4) is 0 Å². The van der Waals surface area contributed by atoms with Crippen LogP contribution in [0.4, 0.5) is 0 Å². The fourth-order valence-corrected chi connectivity index (χ4v) is 1.95. The van der Waals surface area contributed by atoms with Crippen molar-refractivity contribution in [1.82, 2.24) is 4.72 Å². The van der Waals surface area contributed by atoms with Crippen LogP contribution < -0.4 is 10.5 Å². The van der Waals surface area contributed by atoms with Crippen LogP contribution in [0.15, 0.2) is 0 Å². The molecule has 0 bridgehead atoms. The van der Waals surface area contributed by atoms with Gasteiger partial charge in [0.15, 0.2) is 0 Å². The van der Waals surface area contributed by atoms with Crippen LogP contribution in [0.5, 0.6) is 0 Å². The van der Waals surface area contributed by atoms with Crippen LogP contribution in [0.2, 0.25) is 0 Å². The van der Waals surface area contributed by atoms with Crippen molar-refractivity contribution in [2.24, 2.45) is 5.73 Å². The summed E-state index contributed by atoms with van der Waals surface area (Å²) in [5.41, 5.74) is 5.66. The van der Waals surface area contributed by atoms with E-state index in [9.17, 15) is 8.42 Å². The van der Waals surface area contributed by atoms with E-state index in [1.165, 1.54) is 0 Å². The van der Waals surface area contributed by atoms with Gasteiger partial charge in [0.1, 0.15) is 0 Å². The summed E-state index contributed by atoms with van der Waals surface area (Å²) < 4.78 is 29.4. The van der Waals surface area contributed by atoms with Gasteiger partial charge in [-0.1, -0.05) is 0 Å². The Hall–Kier alpha value is 0.120. The van der Waals surface area contributed by atoms with E-state index in [0.29, 0.717) is 13.2 Å². The van der Waals surface area contributed by atoms with Gasteiger partial charge >= 0.3 is 0 Å². The molecule has 0 unspecified atom stereocenters. The number of ether oxygens (including phenoxy) is 1. The molecule has 0 aromatic heterocycles. The molecule has 5 nitrogen and oxygen atoms in total. The van der Waals surface area contributed by atoms with E-state index in [-0.39, 0.29) is 24.6 Å². The third-order valence-electron chi connectivity index (χ3n) is 2.24. The number of nitrogens with one attached hydrogen (secondary N) is 1. The predicted octanol–water partition coefficient (Wildman–Crippen LogP) is -0.146. The molecule has 3 N–H and O–H groups in total. The normalized spacial score (nSPS) is 27.1. The van der Waals surface area contributed by atoms with Gasteiger partial charge in [-0.25, -0.2) is 13.1 Å². The van der Waals surface area contributed by atoms with Gasteiger partial charge in [0.25, 0.3) is 0 Å². The third-order valence-corrected chi connectivity index (χ3v) is 2.96. The standard InChI is InChI=1S/C8H18N2O3S.ClH/c1-14(11,12)10-5-4-8-3-2-7(9)6-13-8;/h7-8,10H,2-6,9H2,1H3;1H/t7-,8+;/m1./s1. The van der Waals surface area contributed by atoms with Crippen molar-refractivity contribution in [2.45, 2.75) is 31.4 Å². The fourth-order valence-electron chi connectivity index (χ4n) is 1.46. The first-order valence-corrected chi connectivity index (χ1v) is 6.68. The monoisotopic (exact) mass is 258 g/mol. The van der Waals surface area contributed by atoms with Crippen molar-refractivity contribution in [3.63, 3.8) is 0 Å². The van der Waals surface area contributed by atoms with Crippen LogP contribution >= 0.6 is 12.4 Å². The highest BCUT2D eigenvalue weighted by Gasteiger charge is 2.18. The molecular weight excluding hydrogens is 240 g/mol. The van der Waals surface area contributed by atoms with Gasteiger partial charge in [-0.2, -0.15) is 0 Å². The second kappa shape index (κ2) is 6.65. The van der Waals surface area contributed by atoms with Crippen molar-refractivity contribution in [2.75, 3.05) is 19.4 Å². The second-order valence-corrected chi connectivity index (χ2v) is 5.58. The van der Waals surface area contributed by atoms with Gasteiger partial charge in [0.05, 0.1) is 19.0 Å². The molecule has 0 radical (unpaired) electrons. The predicted molar refractivity (Wildman–Crippen MR) is 61.7 cm³/mol. The summed E-state index contributed by atoms with van der Waals surface area (Å²) in [5, 5.41) is 0. The van der Waals surface area contributed by atoms with Crippen LogP contribution in [-0.4, -0.2) is 40.0 Å². The summed E-state index contributed by atoms with van der Waals surface area (Å²) in [6.07, 6.45) is 3.92. The molecule has 0 amide bonds. The molecule has 1 fully saturated rings. The lowest BCUT2D eigenvalue weighted by atomic mass is 10.0. The van der Waals surface area contributed by atoms with E-state index in [4.69, 9.17) is 10.5 Å². The lowest BCUT2D eigenvalue weighted by molar-refractivity contribution is 0.00192. The van der Waals surface area contributed by atoms with Crippen molar-refractivity contribution >= 4 is 22.4 Å². The minimum absolute atomic E-state index is 0. The van der Waals surface area contributed by atoms with Gasteiger partial charge in [-0.05, 0) is 19.3 Å². The van der Waals surface area contributed by atoms with Gasteiger partial charge < -0.3 is 10.5 Å². The largest absolute Gasteiger partial charge is 0.377 e. The number of nitrogens with two attached hydrogens (primary N) is 1.